The third kappa shape index (κ3) is 1.65. The highest BCUT2D eigenvalue weighted by Gasteiger charge is 2.48. The first kappa shape index (κ1) is 11.5. The van der Waals surface area contributed by atoms with Gasteiger partial charge in [0, 0.05) is 0 Å². The second-order valence-corrected chi connectivity index (χ2v) is 6.83. The quantitative estimate of drug-likeness (QED) is 0.649. The van der Waals surface area contributed by atoms with Crippen LogP contribution in [0.2, 0.25) is 0 Å². The van der Waals surface area contributed by atoms with Crippen LogP contribution in [-0.2, 0) is 0 Å². The lowest BCUT2D eigenvalue weighted by Gasteiger charge is -2.32. The van der Waals surface area contributed by atoms with Gasteiger partial charge in [-0.05, 0) is 58.8 Å². The normalized spacial score (nSPS) is 37.1. The van der Waals surface area contributed by atoms with Gasteiger partial charge in [0.2, 0.25) is 0 Å². The van der Waals surface area contributed by atoms with Crippen molar-refractivity contribution in [2.45, 2.75) is 32.6 Å². The van der Waals surface area contributed by atoms with Crippen LogP contribution in [-0.4, -0.2) is 0 Å². The largest absolute Gasteiger partial charge is 0.0620 e. The Morgan fingerprint density at radius 3 is 2.37 bits per heavy atom. The Morgan fingerprint density at radius 2 is 1.63 bits per heavy atom. The lowest BCUT2D eigenvalue weighted by atomic mass is 9.73. The lowest BCUT2D eigenvalue weighted by molar-refractivity contribution is 0.232. The number of rotatable bonds is 1. The van der Waals surface area contributed by atoms with Crippen LogP contribution in [0.5, 0.6) is 0 Å². The minimum absolute atomic E-state index is 0.820. The molecule has 2 saturated carbocycles. The molecule has 0 amide bonds. The molecule has 2 bridgehead atoms. The van der Waals surface area contributed by atoms with Crippen molar-refractivity contribution >= 4 is 10.8 Å². The van der Waals surface area contributed by atoms with Crippen molar-refractivity contribution in [3.63, 3.8) is 0 Å². The zero-order chi connectivity index (χ0) is 13.0. The van der Waals surface area contributed by atoms with Crippen LogP contribution in [0.25, 0.3) is 10.8 Å². The van der Waals surface area contributed by atoms with Gasteiger partial charge in [0.05, 0.1) is 0 Å². The fourth-order valence-electron chi connectivity index (χ4n) is 4.76. The van der Waals surface area contributed by atoms with Gasteiger partial charge >= 0.3 is 0 Å². The molecule has 0 nitrogen and oxygen atoms in total. The third-order valence-corrected chi connectivity index (χ3v) is 6.10. The van der Waals surface area contributed by atoms with E-state index in [-0.39, 0.29) is 0 Å². The summed E-state index contributed by atoms with van der Waals surface area (Å²) in [6.45, 7) is 4.94. The molecule has 0 heterocycles. The molecule has 0 aromatic heterocycles. The van der Waals surface area contributed by atoms with E-state index < -0.39 is 0 Å². The molecule has 3 unspecified atom stereocenters. The summed E-state index contributed by atoms with van der Waals surface area (Å²) >= 11 is 0. The molecule has 2 aromatic carbocycles. The third-order valence-electron chi connectivity index (χ3n) is 6.10. The van der Waals surface area contributed by atoms with Gasteiger partial charge in [0.25, 0.3) is 0 Å². The summed E-state index contributed by atoms with van der Waals surface area (Å²) in [5.41, 5.74) is 1.59. The summed E-state index contributed by atoms with van der Waals surface area (Å²) in [6, 6.07) is 15.9. The smallest absolute Gasteiger partial charge is 0.0128 e. The summed E-state index contributed by atoms with van der Waals surface area (Å²) < 4.78 is 0. The monoisotopic (exact) mass is 250 g/mol. The maximum absolute atomic E-state index is 2.47. The van der Waals surface area contributed by atoms with Crippen LogP contribution in [0, 0.1) is 23.7 Å². The minimum atomic E-state index is 0.820. The van der Waals surface area contributed by atoms with Crippen molar-refractivity contribution in [2.24, 2.45) is 23.7 Å². The molecule has 0 radical (unpaired) electrons. The van der Waals surface area contributed by atoms with Gasteiger partial charge in [-0.2, -0.15) is 0 Å². The molecule has 0 spiro atoms. The van der Waals surface area contributed by atoms with E-state index in [2.05, 4.69) is 56.3 Å². The van der Waals surface area contributed by atoms with Crippen molar-refractivity contribution in [1.29, 1.82) is 0 Å². The van der Waals surface area contributed by atoms with Crippen LogP contribution in [0.15, 0.2) is 42.5 Å². The highest BCUT2D eigenvalue weighted by atomic mass is 14.5. The van der Waals surface area contributed by atoms with Crippen LogP contribution < -0.4 is 0 Å². The molecule has 2 fully saturated rings. The van der Waals surface area contributed by atoms with E-state index in [0.717, 1.165) is 29.6 Å². The number of benzene rings is 2. The first-order valence-corrected chi connectivity index (χ1v) is 7.73. The molecule has 19 heavy (non-hydrogen) atoms. The number of fused-ring (bicyclic) bond motifs is 3. The molecule has 0 N–H and O–H groups in total. The molecular weight excluding hydrogens is 228 g/mol. The zero-order valence-electron chi connectivity index (χ0n) is 11.8. The second-order valence-electron chi connectivity index (χ2n) is 6.83. The van der Waals surface area contributed by atoms with Crippen molar-refractivity contribution in [3.05, 3.63) is 48.0 Å². The number of hydrogen-bond acceptors (Lipinski definition) is 0. The Labute approximate surface area is 115 Å². The van der Waals surface area contributed by atoms with Gasteiger partial charge in [0.1, 0.15) is 0 Å². The molecule has 2 aliphatic rings. The molecule has 0 aliphatic heterocycles. The Hall–Kier alpha value is -1.30. The Morgan fingerprint density at radius 1 is 0.842 bits per heavy atom. The van der Waals surface area contributed by atoms with Gasteiger partial charge < -0.3 is 0 Å². The fraction of sp³-hybridized carbons (Fsp3) is 0.474. The van der Waals surface area contributed by atoms with E-state index in [1.54, 1.807) is 5.56 Å². The summed E-state index contributed by atoms with van der Waals surface area (Å²) in [5, 5.41) is 2.78. The molecule has 4 rings (SSSR count). The second kappa shape index (κ2) is 4.10. The van der Waals surface area contributed by atoms with E-state index in [1.165, 1.54) is 23.6 Å². The first-order valence-electron chi connectivity index (χ1n) is 7.73. The Bertz CT molecular complexity index is 610. The summed E-state index contributed by atoms with van der Waals surface area (Å²) in [5.74, 6) is 4.59. The Balaban J connectivity index is 1.72. The van der Waals surface area contributed by atoms with E-state index in [4.69, 9.17) is 0 Å². The molecule has 0 saturated heterocycles. The molecule has 2 aromatic rings. The predicted octanol–water partition coefficient (Wildman–Crippen LogP) is 5.24. The Kier molecular flexibility index (Phi) is 2.48. The lowest BCUT2D eigenvalue weighted by Crippen LogP contribution is -2.23. The van der Waals surface area contributed by atoms with Gasteiger partial charge in [-0.25, -0.2) is 0 Å². The fourth-order valence-corrected chi connectivity index (χ4v) is 4.76. The molecule has 2 aliphatic carbocycles. The van der Waals surface area contributed by atoms with Crippen molar-refractivity contribution in [3.8, 4) is 0 Å². The molecular formula is C19H22. The van der Waals surface area contributed by atoms with Crippen molar-refractivity contribution in [2.75, 3.05) is 0 Å². The highest BCUT2D eigenvalue weighted by Crippen LogP contribution is 2.58. The molecule has 98 valence electrons. The standard InChI is InChI=1S/C19H22/c1-12-13(2)18-10-17(12)11-19(18)16-8-7-14-5-3-4-6-15(14)9-16/h3-9,12-13,17-19H,10-11H2,1-2H3/t12?,13?,17-,18-,19?/m0/s1. The van der Waals surface area contributed by atoms with Crippen LogP contribution >= 0.6 is 0 Å². The van der Waals surface area contributed by atoms with Crippen LogP contribution in [0.4, 0.5) is 0 Å². The van der Waals surface area contributed by atoms with E-state index in [0.29, 0.717) is 0 Å². The zero-order valence-corrected chi connectivity index (χ0v) is 11.8. The van der Waals surface area contributed by atoms with Gasteiger partial charge in [0.15, 0.2) is 0 Å². The average molecular weight is 250 g/mol. The number of hydrogen-bond donors (Lipinski definition) is 0. The average Bonchev–Trinajstić information content (AvgIpc) is 2.99. The first-order chi connectivity index (χ1) is 9.24. The van der Waals surface area contributed by atoms with Crippen molar-refractivity contribution < 1.29 is 0 Å². The minimum Gasteiger partial charge on any atom is -0.0620 e. The van der Waals surface area contributed by atoms with Gasteiger partial charge in [-0.1, -0.05) is 56.3 Å². The van der Waals surface area contributed by atoms with Crippen LogP contribution in [0.1, 0.15) is 38.2 Å². The van der Waals surface area contributed by atoms with Crippen LogP contribution in [0.3, 0.4) is 0 Å². The van der Waals surface area contributed by atoms with E-state index in [1.807, 2.05) is 0 Å². The van der Waals surface area contributed by atoms with E-state index in [9.17, 15) is 0 Å². The van der Waals surface area contributed by atoms with Gasteiger partial charge in [-0.15, -0.1) is 0 Å². The topological polar surface area (TPSA) is 0 Å². The maximum Gasteiger partial charge on any atom is -0.0128 e. The summed E-state index contributed by atoms with van der Waals surface area (Å²) in [7, 11) is 0. The predicted molar refractivity (Wildman–Crippen MR) is 81.2 cm³/mol. The maximum atomic E-state index is 2.47. The molecule has 0 heteroatoms. The molecule has 5 atom stereocenters. The SMILES string of the molecule is CC1C(C)[C@@H]2C[C@H]1CC2c1ccc2ccccc2c1. The van der Waals surface area contributed by atoms with Gasteiger partial charge in [-0.3, -0.25) is 0 Å². The highest BCUT2D eigenvalue weighted by molar-refractivity contribution is 5.83. The van der Waals surface area contributed by atoms with E-state index >= 15 is 0 Å². The van der Waals surface area contributed by atoms with Crippen molar-refractivity contribution in [1.82, 2.24) is 0 Å². The summed E-state index contributed by atoms with van der Waals surface area (Å²) in [4.78, 5) is 0. The summed E-state index contributed by atoms with van der Waals surface area (Å²) in [6.07, 6.45) is 2.90.